The second kappa shape index (κ2) is 6.83. The second-order valence-corrected chi connectivity index (χ2v) is 4.46. The zero-order valence-electron chi connectivity index (χ0n) is 10.2. The molecule has 0 radical (unpaired) electrons. The van der Waals surface area contributed by atoms with Crippen molar-refractivity contribution in [2.24, 2.45) is 5.92 Å². The molecule has 94 valence electrons. The fraction of sp³-hybridized carbons (Fsp3) is 0.909. The van der Waals surface area contributed by atoms with Gasteiger partial charge in [0.25, 0.3) is 0 Å². The fourth-order valence-corrected chi connectivity index (χ4v) is 1.77. The molecule has 0 aromatic carbocycles. The van der Waals surface area contributed by atoms with Crippen molar-refractivity contribution in [1.82, 2.24) is 9.80 Å². The molecule has 1 fully saturated rings. The molecule has 1 rings (SSSR count). The second-order valence-electron chi connectivity index (χ2n) is 4.46. The quantitative estimate of drug-likeness (QED) is 0.694. The standard InChI is InChI=1S/C11H22N2O3/c1-10(11(14)15)9-12(2)3-4-13-5-7-16-8-6-13/h10H,3-9H2,1-2H3,(H,14,15). The van der Waals surface area contributed by atoms with Crippen molar-refractivity contribution in [3.8, 4) is 0 Å². The van der Waals surface area contributed by atoms with Crippen LogP contribution in [0.25, 0.3) is 0 Å². The van der Waals surface area contributed by atoms with Crippen molar-refractivity contribution in [2.75, 3.05) is 53.0 Å². The van der Waals surface area contributed by atoms with Gasteiger partial charge < -0.3 is 14.7 Å². The van der Waals surface area contributed by atoms with Crippen molar-refractivity contribution >= 4 is 5.97 Å². The summed E-state index contributed by atoms with van der Waals surface area (Å²) in [6, 6.07) is 0. The molecule has 1 atom stereocenters. The van der Waals surface area contributed by atoms with Crippen molar-refractivity contribution in [2.45, 2.75) is 6.92 Å². The van der Waals surface area contributed by atoms with Gasteiger partial charge in [0.2, 0.25) is 0 Å². The van der Waals surface area contributed by atoms with Gasteiger partial charge in [-0.05, 0) is 7.05 Å². The van der Waals surface area contributed by atoms with Gasteiger partial charge in [-0.25, -0.2) is 0 Å². The lowest BCUT2D eigenvalue weighted by atomic mass is 10.2. The molecular formula is C11H22N2O3. The maximum Gasteiger partial charge on any atom is 0.307 e. The molecule has 0 aromatic heterocycles. The third kappa shape index (κ3) is 4.92. The largest absolute Gasteiger partial charge is 0.481 e. The van der Waals surface area contributed by atoms with E-state index in [2.05, 4.69) is 9.80 Å². The van der Waals surface area contributed by atoms with Crippen LogP contribution in [-0.4, -0.2) is 73.9 Å². The van der Waals surface area contributed by atoms with E-state index in [1.807, 2.05) is 7.05 Å². The van der Waals surface area contributed by atoms with Gasteiger partial charge in [0.15, 0.2) is 0 Å². The molecule has 5 heteroatoms. The lowest BCUT2D eigenvalue weighted by Gasteiger charge is -2.29. The highest BCUT2D eigenvalue weighted by Gasteiger charge is 2.15. The minimum Gasteiger partial charge on any atom is -0.481 e. The summed E-state index contributed by atoms with van der Waals surface area (Å²) in [5, 5.41) is 8.79. The molecule has 0 amide bonds. The van der Waals surface area contributed by atoms with Crippen LogP contribution in [0.2, 0.25) is 0 Å². The summed E-state index contributed by atoms with van der Waals surface area (Å²) in [5.74, 6) is -1.02. The molecule has 0 saturated carbocycles. The highest BCUT2D eigenvalue weighted by molar-refractivity contribution is 5.69. The van der Waals surface area contributed by atoms with E-state index in [-0.39, 0.29) is 5.92 Å². The highest BCUT2D eigenvalue weighted by Crippen LogP contribution is 2.00. The first kappa shape index (κ1) is 13.4. The average molecular weight is 230 g/mol. The Morgan fingerprint density at radius 1 is 1.50 bits per heavy atom. The molecule has 0 bridgehead atoms. The summed E-state index contributed by atoms with van der Waals surface area (Å²) in [4.78, 5) is 15.1. The Bertz CT molecular complexity index is 217. The first-order valence-electron chi connectivity index (χ1n) is 5.81. The number of carbonyl (C=O) groups is 1. The number of hydrogen-bond donors (Lipinski definition) is 1. The van der Waals surface area contributed by atoms with Gasteiger partial charge in [0.05, 0.1) is 19.1 Å². The normalized spacial score (nSPS) is 19.9. The number of ether oxygens (including phenoxy) is 1. The first-order chi connectivity index (χ1) is 7.59. The predicted octanol–water partition coefficient (Wildman–Crippen LogP) is -0.0289. The lowest BCUT2D eigenvalue weighted by molar-refractivity contribution is -0.141. The smallest absolute Gasteiger partial charge is 0.307 e. The van der Waals surface area contributed by atoms with E-state index in [1.165, 1.54) is 0 Å². The molecule has 0 aliphatic carbocycles. The molecule has 1 heterocycles. The highest BCUT2D eigenvalue weighted by atomic mass is 16.5. The maximum absolute atomic E-state index is 10.7. The van der Waals surface area contributed by atoms with Crippen molar-refractivity contribution in [3.05, 3.63) is 0 Å². The Labute approximate surface area is 97.0 Å². The van der Waals surface area contributed by atoms with E-state index in [0.29, 0.717) is 6.54 Å². The summed E-state index contributed by atoms with van der Waals surface area (Å²) in [6.45, 7) is 7.87. The zero-order chi connectivity index (χ0) is 12.0. The van der Waals surface area contributed by atoms with Gasteiger partial charge in [0.1, 0.15) is 0 Å². The van der Waals surface area contributed by atoms with Crippen LogP contribution >= 0.6 is 0 Å². The first-order valence-corrected chi connectivity index (χ1v) is 5.81. The number of rotatable bonds is 6. The molecular weight excluding hydrogens is 208 g/mol. The Morgan fingerprint density at radius 3 is 2.69 bits per heavy atom. The molecule has 1 unspecified atom stereocenters. The minimum atomic E-state index is -0.724. The van der Waals surface area contributed by atoms with E-state index in [9.17, 15) is 4.79 Å². The van der Waals surface area contributed by atoms with Crippen LogP contribution in [0.4, 0.5) is 0 Å². The van der Waals surface area contributed by atoms with E-state index >= 15 is 0 Å². The fourth-order valence-electron chi connectivity index (χ4n) is 1.77. The summed E-state index contributed by atoms with van der Waals surface area (Å²) in [7, 11) is 1.97. The summed E-state index contributed by atoms with van der Waals surface area (Å²) in [5.41, 5.74) is 0. The summed E-state index contributed by atoms with van der Waals surface area (Å²) >= 11 is 0. The van der Waals surface area contributed by atoms with Crippen LogP contribution in [0.1, 0.15) is 6.92 Å². The van der Waals surface area contributed by atoms with Gasteiger partial charge in [-0.2, -0.15) is 0 Å². The third-order valence-electron chi connectivity index (χ3n) is 2.91. The number of carboxylic acid groups (broad SMARTS) is 1. The Morgan fingerprint density at radius 2 is 2.12 bits per heavy atom. The van der Waals surface area contributed by atoms with Crippen LogP contribution in [-0.2, 0) is 9.53 Å². The van der Waals surface area contributed by atoms with Crippen LogP contribution in [0.3, 0.4) is 0 Å². The van der Waals surface area contributed by atoms with E-state index < -0.39 is 5.97 Å². The molecule has 1 aliphatic rings. The van der Waals surface area contributed by atoms with Gasteiger partial charge in [-0.3, -0.25) is 9.69 Å². The van der Waals surface area contributed by atoms with Gasteiger partial charge in [-0.15, -0.1) is 0 Å². The monoisotopic (exact) mass is 230 g/mol. The number of nitrogens with zero attached hydrogens (tertiary/aromatic N) is 2. The van der Waals surface area contributed by atoms with E-state index in [4.69, 9.17) is 9.84 Å². The Balaban J connectivity index is 2.13. The summed E-state index contributed by atoms with van der Waals surface area (Å²) in [6.07, 6.45) is 0. The molecule has 0 aromatic rings. The third-order valence-corrected chi connectivity index (χ3v) is 2.91. The Kier molecular flexibility index (Phi) is 5.73. The molecule has 5 nitrogen and oxygen atoms in total. The number of likely N-dealkylation sites (N-methyl/N-ethyl adjacent to an activating group) is 1. The minimum absolute atomic E-state index is 0.297. The Hall–Kier alpha value is -0.650. The van der Waals surface area contributed by atoms with Crippen LogP contribution in [0.15, 0.2) is 0 Å². The molecule has 1 aliphatic heterocycles. The van der Waals surface area contributed by atoms with E-state index in [0.717, 1.165) is 39.4 Å². The van der Waals surface area contributed by atoms with Gasteiger partial charge in [-0.1, -0.05) is 6.92 Å². The number of morpholine rings is 1. The lowest BCUT2D eigenvalue weighted by Crippen LogP contribution is -2.41. The van der Waals surface area contributed by atoms with Crippen molar-refractivity contribution < 1.29 is 14.6 Å². The van der Waals surface area contributed by atoms with Gasteiger partial charge in [0, 0.05) is 32.7 Å². The van der Waals surface area contributed by atoms with Crippen molar-refractivity contribution in [3.63, 3.8) is 0 Å². The molecule has 0 spiro atoms. The zero-order valence-corrected chi connectivity index (χ0v) is 10.2. The number of aliphatic carboxylic acids is 1. The van der Waals surface area contributed by atoms with Crippen LogP contribution in [0, 0.1) is 5.92 Å². The van der Waals surface area contributed by atoms with Crippen LogP contribution < -0.4 is 0 Å². The van der Waals surface area contributed by atoms with Crippen molar-refractivity contribution in [1.29, 1.82) is 0 Å². The van der Waals surface area contributed by atoms with E-state index in [1.54, 1.807) is 6.92 Å². The number of carboxylic acids is 1. The average Bonchev–Trinajstić information content (AvgIpc) is 2.27. The summed E-state index contributed by atoms with van der Waals surface area (Å²) < 4.78 is 5.27. The topological polar surface area (TPSA) is 53.0 Å². The maximum atomic E-state index is 10.7. The van der Waals surface area contributed by atoms with Crippen LogP contribution in [0.5, 0.6) is 0 Å². The predicted molar refractivity (Wildman–Crippen MR) is 61.6 cm³/mol. The molecule has 1 N–H and O–H groups in total. The number of hydrogen-bond acceptors (Lipinski definition) is 4. The molecule has 1 saturated heterocycles. The van der Waals surface area contributed by atoms with Gasteiger partial charge >= 0.3 is 5.97 Å². The molecule has 16 heavy (non-hydrogen) atoms. The SMILES string of the molecule is CC(CN(C)CCN1CCOCC1)C(=O)O.